The highest BCUT2D eigenvalue weighted by molar-refractivity contribution is 7.44. The maximum absolute atomic E-state index is 9.70. The van der Waals surface area contributed by atoms with Crippen molar-refractivity contribution in [3.8, 4) is 34.6 Å². The first-order valence-corrected chi connectivity index (χ1v) is 28.3. The number of imidazole rings is 1. The molecular formula is C63H72N9O7P. The number of aromatic nitrogens is 4. The van der Waals surface area contributed by atoms with Gasteiger partial charge < -0.3 is 49.1 Å². The van der Waals surface area contributed by atoms with E-state index >= 15 is 0 Å². The first kappa shape index (κ1) is 57.1. The highest BCUT2D eigenvalue weighted by Gasteiger charge is 2.46. The van der Waals surface area contributed by atoms with Crippen molar-refractivity contribution in [1.82, 2.24) is 24.2 Å². The lowest BCUT2D eigenvalue weighted by atomic mass is 9.80. The molecule has 3 heterocycles. The van der Waals surface area contributed by atoms with Crippen molar-refractivity contribution < 1.29 is 32.7 Å². The summed E-state index contributed by atoms with van der Waals surface area (Å²) < 4.78 is 51.1. The van der Waals surface area contributed by atoms with Gasteiger partial charge in [0.15, 0.2) is 11.2 Å². The molecule has 8 aromatic rings. The summed E-state index contributed by atoms with van der Waals surface area (Å²) in [5.41, 5.74) is 12.9. The van der Waals surface area contributed by atoms with Gasteiger partial charge in [-0.2, -0.15) is 15.2 Å². The van der Waals surface area contributed by atoms with Gasteiger partial charge in [0, 0.05) is 36.4 Å². The van der Waals surface area contributed by atoms with Crippen LogP contribution in [0, 0.1) is 17.2 Å². The lowest BCUT2D eigenvalue weighted by Gasteiger charge is -2.39. The van der Waals surface area contributed by atoms with Gasteiger partial charge in [-0.25, -0.2) is 9.65 Å². The van der Waals surface area contributed by atoms with E-state index in [4.69, 9.17) is 53.4 Å². The van der Waals surface area contributed by atoms with E-state index < -0.39 is 32.6 Å². The van der Waals surface area contributed by atoms with E-state index in [0.717, 1.165) is 39.1 Å². The SMILES string of the molecule is COc1ccc(C(OC[C@H]2O[C@@H](n3c(Nc4ccc(-c5ccc(N)cc5)cc4)nc4c(OCc5ccccc5)nc(NCC(C)C)nc43)C[C@@H]2OP(OCCC#N)N(C(C)C)C(C)C)(c2ccccc2)c2ccc(OC)cc2)cc1. The zero-order valence-corrected chi connectivity index (χ0v) is 47.7. The summed E-state index contributed by atoms with van der Waals surface area (Å²) in [6.45, 7) is 13.9. The Morgan fingerprint density at radius 3 is 1.91 bits per heavy atom. The Labute approximate surface area is 471 Å². The second-order valence-electron chi connectivity index (χ2n) is 20.6. The summed E-state index contributed by atoms with van der Waals surface area (Å²) >= 11 is 0. The standard InChI is InChI=1S/C63H72N9O7P/c1-42(2)39-66-61-69-59-58(60(70-61)75-40-45-16-11-9-12-17-45)68-62(67-52-30-22-47(23-31-52)46-20-28-51(65)29-21-46)71(59)57-38-55(79-80(77-37-15-36-64)72(43(3)4)44(5)6)56(78-57)41-76-63(48-18-13-10-14-19-48,49-24-32-53(73-7)33-25-49)50-26-34-54(74-8)35-27-50/h9-14,16-35,42-44,55-57H,15,37-41,65H2,1-8H3,(H,67,68)(H,66,69,70)/t55-,56+,57+,80?/m0/s1. The molecule has 0 radical (unpaired) electrons. The fourth-order valence-corrected chi connectivity index (χ4v) is 11.6. The molecule has 1 aliphatic heterocycles. The molecule has 1 aliphatic rings. The Balaban J connectivity index is 1.19. The van der Waals surface area contributed by atoms with Crippen molar-refractivity contribution in [2.75, 3.05) is 50.3 Å². The number of methoxy groups -OCH3 is 2. The average Bonchev–Trinajstić information content (AvgIpc) is 4.19. The lowest BCUT2D eigenvalue weighted by Crippen LogP contribution is -2.39. The van der Waals surface area contributed by atoms with Gasteiger partial charge in [0.25, 0.3) is 8.53 Å². The molecule has 416 valence electrons. The summed E-state index contributed by atoms with van der Waals surface area (Å²) in [6, 6.07) is 54.3. The number of ether oxygens (including phenoxy) is 5. The minimum absolute atomic E-state index is 0.0365. The van der Waals surface area contributed by atoms with Gasteiger partial charge in [0.05, 0.1) is 46.0 Å². The predicted molar refractivity (Wildman–Crippen MR) is 316 cm³/mol. The predicted octanol–water partition coefficient (Wildman–Crippen LogP) is 13.4. The van der Waals surface area contributed by atoms with Crippen LogP contribution in [0.5, 0.6) is 17.4 Å². The highest BCUT2D eigenvalue weighted by Crippen LogP contribution is 2.52. The van der Waals surface area contributed by atoms with Crippen LogP contribution >= 0.6 is 8.53 Å². The largest absolute Gasteiger partial charge is 0.497 e. The summed E-state index contributed by atoms with van der Waals surface area (Å²) in [5.74, 6) is 2.84. The van der Waals surface area contributed by atoms with Crippen molar-refractivity contribution in [2.24, 2.45) is 5.92 Å². The summed E-state index contributed by atoms with van der Waals surface area (Å²) in [7, 11) is 1.56. The number of nitrogens with two attached hydrogens (primary N) is 1. The third-order valence-corrected chi connectivity index (χ3v) is 15.9. The molecule has 0 bridgehead atoms. The molecule has 0 aliphatic carbocycles. The number of nitriles is 1. The number of hydrogen-bond acceptors (Lipinski definition) is 15. The van der Waals surface area contributed by atoms with Crippen molar-refractivity contribution in [2.45, 2.75) is 97.1 Å². The summed E-state index contributed by atoms with van der Waals surface area (Å²) in [5, 5.41) is 16.8. The van der Waals surface area contributed by atoms with E-state index in [-0.39, 0.29) is 38.3 Å². The maximum Gasteiger partial charge on any atom is 0.259 e. The number of hydrogen-bond donors (Lipinski definition) is 3. The number of fused-ring (bicyclic) bond motifs is 1. The van der Waals surface area contributed by atoms with E-state index in [9.17, 15) is 5.26 Å². The Kier molecular flexibility index (Phi) is 19.0. The third kappa shape index (κ3) is 13.3. The van der Waals surface area contributed by atoms with Crippen molar-refractivity contribution in [1.29, 1.82) is 5.26 Å². The Hall–Kier alpha value is -7.61. The molecule has 1 unspecified atom stereocenters. The zero-order chi connectivity index (χ0) is 56.2. The Morgan fingerprint density at radius 2 is 1.34 bits per heavy atom. The van der Waals surface area contributed by atoms with Gasteiger partial charge in [-0.05, 0) is 116 Å². The van der Waals surface area contributed by atoms with Crippen LogP contribution in [0.15, 0.2) is 158 Å². The second kappa shape index (κ2) is 26.6. The van der Waals surface area contributed by atoms with Crippen LogP contribution in [0.25, 0.3) is 22.3 Å². The second-order valence-corrected chi connectivity index (χ2v) is 22.0. The molecule has 80 heavy (non-hydrogen) atoms. The van der Waals surface area contributed by atoms with Gasteiger partial charge in [-0.15, -0.1) is 0 Å². The van der Waals surface area contributed by atoms with E-state index in [1.54, 1.807) is 14.2 Å². The molecule has 4 N–H and O–H groups in total. The summed E-state index contributed by atoms with van der Waals surface area (Å²) in [4.78, 5) is 15.5. The average molecular weight is 1100 g/mol. The normalized spacial score (nSPS) is 15.9. The first-order chi connectivity index (χ1) is 38.9. The number of nitrogens with zero attached hydrogens (tertiary/aromatic N) is 6. The number of nitrogen functional groups attached to an aromatic ring is 1. The molecule has 6 aromatic carbocycles. The quantitative estimate of drug-likeness (QED) is 0.0201. The molecule has 1 saturated heterocycles. The van der Waals surface area contributed by atoms with E-state index in [1.165, 1.54) is 0 Å². The van der Waals surface area contributed by atoms with Gasteiger partial charge in [0.1, 0.15) is 36.0 Å². The molecule has 0 amide bonds. The fraction of sp³-hybridized carbons (Fsp3) is 0.333. The van der Waals surface area contributed by atoms with E-state index in [2.05, 4.69) is 87.2 Å². The minimum atomic E-state index is -1.75. The van der Waals surface area contributed by atoms with Gasteiger partial charge in [0.2, 0.25) is 17.8 Å². The molecule has 4 atom stereocenters. The van der Waals surface area contributed by atoms with Crippen LogP contribution in [0.4, 0.5) is 23.3 Å². The van der Waals surface area contributed by atoms with Crippen molar-refractivity contribution in [3.63, 3.8) is 0 Å². The van der Waals surface area contributed by atoms with Crippen molar-refractivity contribution in [3.05, 3.63) is 180 Å². The summed E-state index contributed by atoms with van der Waals surface area (Å²) in [6.07, 6.45) is -1.58. The van der Waals surface area contributed by atoms with Gasteiger partial charge in [-0.3, -0.25) is 4.57 Å². The highest BCUT2D eigenvalue weighted by atomic mass is 31.2. The Morgan fingerprint density at radius 1 is 0.750 bits per heavy atom. The molecule has 0 saturated carbocycles. The lowest BCUT2D eigenvalue weighted by molar-refractivity contribution is -0.0908. The van der Waals surface area contributed by atoms with Crippen LogP contribution in [-0.4, -0.2) is 82.5 Å². The molecule has 1 fully saturated rings. The van der Waals surface area contributed by atoms with Crippen LogP contribution in [-0.2, 0) is 30.7 Å². The number of rotatable bonds is 26. The first-order valence-electron chi connectivity index (χ1n) is 27.2. The fourth-order valence-electron chi connectivity index (χ4n) is 9.87. The third-order valence-electron chi connectivity index (χ3n) is 13.8. The smallest absolute Gasteiger partial charge is 0.259 e. The molecule has 0 spiro atoms. The monoisotopic (exact) mass is 1100 g/mol. The molecule has 2 aromatic heterocycles. The topological polar surface area (TPSA) is 185 Å². The van der Waals surface area contributed by atoms with Crippen LogP contribution in [0.3, 0.4) is 0 Å². The maximum atomic E-state index is 9.70. The zero-order valence-electron chi connectivity index (χ0n) is 46.8. The van der Waals surface area contributed by atoms with Crippen LogP contribution < -0.4 is 30.6 Å². The number of anilines is 4. The minimum Gasteiger partial charge on any atom is -0.497 e. The molecule has 16 nitrogen and oxygen atoms in total. The Bertz CT molecular complexity index is 3210. The van der Waals surface area contributed by atoms with E-state index in [0.29, 0.717) is 65.0 Å². The molecule has 17 heteroatoms. The van der Waals surface area contributed by atoms with Crippen LogP contribution in [0.1, 0.15) is 82.9 Å². The van der Waals surface area contributed by atoms with Crippen molar-refractivity contribution >= 4 is 43.0 Å². The number of nitrogens with one attached hydrogen (secondary N) is 2. The van der Waals surface area contributed by atoms with Crippen LogP contribution in [0.2, 0.25) is 0 Å². The van der Waals surface area contributed by atoms with Gasteiger partial charge in [-0.1, -0.05) is 123 Å². The van der Waals surface area contributed by atoms with E-state index in [1.807, 2.05) is 138 Å². The van der Waals surface area contributed by atoms with Gasteiger partial charge >= 0.3 is 0 Å². The molecule has 9 rings (SSSR count). The molecular weight excluding hydrogens is 1030 g/mol. The number of benzene rings is 6.